The molecule has 0 spiro atoms. The molecule has 1 heterocycles. The van der Waals surface area contributed by atoms with Crippen LogP contribution in [0.25, 0.3) is 0 Å². The molecule has 0 saturated carbocycles. The molecule has 1 N–H and O–H groups in total. The summed E-state index contributed by atoms with van der Waals surface area (Å²) in [6.45, 7) is 10.2. The van der Waals surface area contributed by atoms with Crippen molar-refractivity contribution in [3.63, 3.8) is 0 Å². The molecule has 1 aliphatic rings. The van der Waals surface area contributed by atoms with Crippen LogP contribution in [0.1, 0.15) is 26.7 Å². The van der Waals surface area contributed by atoms with Crippen molar-refractivity contribution in [2.75, 3.05) is 53.6 Å². The lowest BCUT2D eigenvalue weighted by molar-refractivity contribution is -0.0110. The van der Waals surface area contributed by atoms with Crippen LogP contribution in [0.2, 0.25) is 0 Å². The van der Waals surface area contributed by atoms with Gasteiger partial charge in [0.15, 0.2) is 0 Å². The maximum Gasteiger partial charge on any atom is 0.0615 e. The monoisotopic (exact) mass is 258 g/mol. The highest BCUT2D eigenvalue weighted by Gasteiger charge is 2.34. The van der Waals surface area contributed by atoms with E-state index in [1.54, 1.807) is 7.11 Å². The minimum absolute atomic E-state index is 0.366. The van der Waals surface area contributed by atoms with E-state index in [1.807, 2.05) is 0 Å². The molecule has 0 aliphatic carbocycles. The molecule has 1 rings (SSSR count). The van der Waals surface area contributed by atoms with Gasteiger partial charge < -0.3 is 19.7 Å². The van der Waals surface area contributed by atoms with Crippen molar-refractivity contribution in [1.82, 2.24) is 10.2 Å². The van der Waals surface area contributed by atoms with Crippen LogP contribution >= 0.6 is 0 Å². The van der Waals surface area contributed by atoms with E-state index in [9.17, 15) is 0 Å². The molecule has 1 fully saturated rings. The van der Waals surface area contributed by atoms with Crippen molar-refractivity contribution in [2.24, 2.45) is 5.41 Å². The van der Waals surface area contributed by atoms with Gasteiger partial charge in [-0.25, -0.2) is 0 Å². The minimum Gasteiger partial charge on any atom is -0.383 e. The number of ether oxygens (including phenoxy) is 2. The smallest absolute Gasteiger partial charge is 0.0615 e. The number of likely N-dealkylation sites (N-methyl/N-ethyl adjacent to an activating group) is 1. The second-order valence-electron chi connectivity index (χ2n) is 5.61. The normalized spacial score (nSPS) is 21.2. The molecule has 0 radical (unpaired) electrons. The third kappa shape index (κ3) is 4.84. The topological polar surface area (TPSA) is 33.7 Å². The van der Waals surface area contributed by atoms with E-state index in [0.29, 0.717) is 11.5 Å². The number of methoxy groups -OCH3 is 1. The lowest BCUT2D eigenvalue weighted by atomic mass is 9.79. The predicted octanol–water partition coefficient (Wildman–Crippen LogP) is 1.36. The van der Waals surface area contributed by atoms with Gasteiger partial charge in [0.2, 0.25) is 0 Å². The standard InChI is InChI=1S/C14H30N2O2/c1-5-15-11-14(6-8-18-9-7-14)12-16(3)13(2)10-17-4/h13,15H,5-12H2,1-4H3. The highest BCUT2D eigenvalue weighted by Crippen LogP contribution is 2.31. The van der Waals surface area contributed by atoms with Crippen LogP contribution in [0.3, 0.4) is 0 Å². The molecule has 4 nitrogen and oxygen atoms in total. The molecule has 0 aromatic carbocycles. The van der Waals surface area contributed by atoms with Crippen LogP contribution in [0, 0.1) is 5.41 Å². The van der Waals surface area contributed by atoms with E-state index in [4.69, 9.17) is 9.47 Å². The fourth-order valence-electron chi connectivity index (χ4n) is 2.64. The fraction of sp³-hybridized carbons (Fsp3) is 1.00. The molecule has 4 heteroatoms. The van der Waals surface area contributed by atoms with Gasteiger partial charge >= 0.3 is 0 Å². The lowest BCUT2D eigenvalue weighted by Crippen LogP contribution is -2.49. The first-order valence-electron chi connectivity index (χ1n) is 7.11. The molecular weight excluding hydrogens is 228 g/mol. The number of rotatable bonds is 8. The highest BCUT2D eigenvalue weighted by molar-refractivity contribution is 4.87. The van der Waals surface area contributed by atoms with Crippen LogP contribution < -0.4 is 5.32 Å². The summed E-state index contributed by atoms with van der Waals surface area (Å²) in [5.41, 5.74) is 0.366. The van der Waals surface area contributed by atoms with Crippen LogP contribution in [0.4, 0.5) is 0 Å². The molecule has 0 bridgehead atoms. The second kappa shape index (κ2) is 8.10. The van der Waals surface area contributed by atoms with Gasteiger partial charge in [0.1, 0.15) is 0 Å². The van der Waals surface area contributed by atoms with Gasteiger partial charge in [0.05, 0.1) is 6.61 Å². The van der Waals surface area contributed by atoms with E-state index < -0.39 is 0 Å². The van der Waals surface area contributed by atoms with E-state index in [2.05, 4.69) is 31.1 Å². The molecule has 0 aromatic heterocycles. The molecule has 1 aliphatic heterocycles. The summed E-state index contributed by atoms with van der Waals surface area (Å²) in [5, 5.41) is 3.52. The lowest BCUT2D eigenvalue weighted by Gasteiger charge is -2.41. The Bertz CT molecular complexity index is 218. The quantitative estimate of drug-likeness (QED) is 0.713. The van der Waals surface area contributed by atoms with Crippen LogP contribution in [0.5, 0.6) is 0 Å². The Kier molecular flexibility index (Phi) is 7.15. The number of nitrogens with zero attached hydrogens (tertiary/aromatic N) is 1. The number of hydrogen-bond acceptors (Lipinski definition) is 4. The highest BCUT2D eigenvalue weighted by atomic mass is 16.5. The summed E-state index contributed by atoms with van der Waals surface area (Å²) in [6.07, 6.45) is 2.31. The minimum atomic E-state index is 0.366. The number of hydrogen-bond donors (Lipinski definition) is 1. The van der Waals surface area contributed by atoms with Crippen molar-refractivity contribution >= 4 is 0 Å². The second-order valence-corrected chi connectivity index (χ2v) is 5.61. The van der Waals surface area contributed by atoms with E-state index in [1.165, 1.54) is 0 Å². The zero-order valence-corrected chi connectivity index (χ0v) is 12.5. The first-order chi connectivity index (χ1) is 8.63. The first-order valence-corrected chi connectivity index (χ1v) is 7.11. The van der Waals surface area contributed by atoms with Crippen molar-refractivity contribution in [2.45, 2.75) is 32.7 Å². The first kappa shape index (κ1) is 15.9. The predicted molar refractivity (Wildman–Crippen MR) is 75.0 cm³/mol. The Labute approximate surface area is 112 Å². The van der Waals surface area contributed by atoms with Gasteiger partial charge in [-0.05, 0) is 38.8 Å². The maximum atomic E-state index is 5.52. The summed E-state index contributed by atoms with van der Waals surface area (Å²) >= 11 is 0. The zero-order valence-electron chi connectivity index (χ0n) is 12.5. The maximum absolute atomic E-state index is 5.52. The van der Waals surface area contributed by atoms with Gasteiger partial charge in [-0.3, -0.25) is 0 Å². The molecule has 18 heavy (non-hydrogen) atoms. The molecule has 108 valence electrons. The summed E-state index contributed by atoms with van der Waals surface area (Å²) in [6, 6.07) is 0.469. The Morgan fingerprint density at radius 3 is 2.61 bits per heavy atom. The molecule has 1 saturated heterocycles. The largest absolute Gasteiger partial charge is 0.383 e. The molecule has 1 atom stereocenters. The Morgan fingerprint density at radius 1 is 1.39 bits per heavy atom. The number of nitrogens with one attached hydrogen (secondary N) is 1. The summed E-state index contributed by atoms with van der Waals surface area (Å²) < 4.78 is 10.8. The van der Waals surface area contributed by atoms with Crippen molar-refractivity contribution in [1.29, 1.82) is 0 Å². The van der Waals surface area contributed by atoms with Gasteiger partial charge in [-0.15, -0.1) is 0 Å². The Hall–Kier alpha value is -0.160. The van der Waals surface area contributed by atoms with Gasteiger partial charge in [-0.2, -0.15) is 0 Å². The van der Waals surface area contributed by atoms with Crippen molar-refractivity contribution in [3.8, 4) is 0 Å². The van der Waals surface area contributed by atoms with Gasteiger partial charge in [0.25, 0.3) is 0 Å². The Balaban J connectivity index is 2.54. The fourth-order valence-corrected chi connectivity index (χ4v) is 2.64. The summed E-state index contributed by atoms with van der Waals surface area (Å²) in [4.78, 5) is 2.42. The van der Waals surface area contributed by atoms with Gasteiger partial charge in [0, 0.05) is 39.5 Å². The third-order valence-corrected chi connectivity index (χ3v) is 4.05. The van der Waals surface area contributed by atoms with Crippen LogP contribution in [0.15, 0.2) is 0 Å². The molecule has 1 unspecified atom stereocenters. The SMILES string of the molecule is CCNCC1(CN(C)C(C)COC)CCOCC1. The summed E-state index contributed by atoms with van der Waals surface area (Å²) in [5.74, 6) is 0. The van der Waals surface area contributed by atoms with Crippen molar-refractivity contribution < 1.29 is 9.47 Å². The summed E-state index contributed by atoms with van der Waals surface area (Å²) in [7, 11) is 3.97. The van der Waals surface area contributed by atoms with Gasteiger partial charge in [-0.1, -0.05) is 6.92 Å². The average Bonchev–Trinajstić information content (AvgIpc) is 2.38. The van der Waals surface area contributed by atoms with Crippen LogP contribution in [-0.2, 0) is 9.47 Å². The van der Waals surface area contributed by atoms with Crippen LogP contribution in [-0.4, -0.2) is 64.6 Å². The molecular formula is C14H30N2O2. The van der Waals surface area contributed by atoms with E-state index in [-0.39, 0.29) is 0 Å². The van der Waals surface area contributed by atoms with E-state index in [0.717, 1.165) is 52.3 Å². The molecule has 0 amide bonds. The average molecular weight is 258 g/mol. The third-order valence-electron chi connectivity index (χ3n) is 4.05. The molecule has 0 aromatic rings. The van der Waals surface area contributed by atoms with Crippen molar-refractivity contribution in [3.05, 3.63) is 0 Å². The Morgan fingerprint density at radius 2 is 2.06 bits per heavy atom. The zero-order chi connectivity index (χ0) is 13.4. The van der Waals surface area contributed by atoms with E-state index >= 15 is 0 Å².